The number of hydrogen-bond donors (Lipinski definition) is 1. The van der Waals surface area contributed by atoms with Crippen LogP contribution in [-0.4, -0.2) is 41.4 Å². The number of nitrogens with one attached hydrogen (secondary N) is 1. The van der Waals surface area contributed by atoms with Gasteiger partial charge >= 0.3 is 0 Å². The number of aromatic nitrogens is 2. The van der Waals surface area contributed by atoms with Crippen molar-refractivity contribution in [3.63, 3.8) is 0 Å². The summed E-state index contributed by atoms with van der Waals surface area (Å²) < 4.78 is 6.78. The summed E-state index contributed by atoms with van der Waals surface area (Å²) in [7, 11) is 3.18. The third kappa shape index (κ3) is 4.25. The van der Waals surface area contributed by atoms with E-state index in [1.54, 1.807) is 56.8 Å². The Morgan fingerprint density at radius 1 is 1.35 bits per heavy atom. The van der Waals surface area contributed by atoms with Gasteiger partial charge in [-0.3, -0.25) is 24.5 Å². The van der Waals surface area contributed by atoms with Gasteiger partial charge in [-0.15, -0.1) is 0 Å². The molecule has 0 aliphatic carbocycles. The molecule has 9 heteroatoms. The number of hydrogen-bond acceptors (Lipinski definition) is 7. The maximum atomic E-state index is 13.9. The molecule has 1 aliphatic rings. The van der Waals surface area contributed by atoms with Gasteiger partial charge in [0.25, 0.3) is 11.2 Å². The zero-order chi connectivity index (χ0) is 24.2. The Balaban J connectivity index is 2.11. The molecule has 0 bridgehead atoms. The first-order chi connectivity index (χ1) is 16.5. The van der Waals surface area contributed by atoms with Gasteiger partial charge in [-0.1, -0.05) is 18.7 Å². The van der Waals surface area contributed by atoms with Crippen molar-refractivity contribution in [1.29, 1.82) is 0 Å². The van der Waals surface area contributed by atoms with Crippen molar-refractivity contribution in [2.45, 2.75) is 18.9 Å². The van der Waals surface area contributed by atoms with Gasteiger partial charge < -0.3 is 10.1 Å². The number of nitro benzene ring substituents is 1. The second-order valence-corrected chi connectivity index (χ2v) is 7.85. The molecule has 9 nitrogen and oxygen atoms in total. The lowest BCUT2D eigenvalue weighted by Crippen LogP contribution is -2.29. The number of methoxy groups -OCH3 is 1. The minimum absolute atomic E-state index is 0.131. The fourth-order valence-electron chi connectivity index (χ4n) is 4.21. The highest BCUT2D eigenvalue weighted by Gasteiger charge is 2.26. The van der Waals surface area contributed by atoms with Crippen LogP contribution in [0.15, 0.2) is 64.9 Å². The molecule has 34 heavy (non-hydrogen) atoms. The molecule has 2 aromatic carbocycles. The molecular weight excluding hydrogens is 434 g/mol. The van der Waals surface area contributed by atoms with Crippen molar-refractivity contribution < 1.29 is 9.66 Å². The van der Waals surface area contributed by atoms with E-state index in [-0.39, 0.29) is 22.7 Å². The summed E-state index contributed by atoms with van der Waals surface area (Å²) in [6, 6.07) is 9.66. The third-order valence-corrected chi connectivity index (χ3v) is 5.77. The Labute approximate surface area is 196 Å². The lowest BCUT2D eigenvalue weighted by molar-refractivity contribution is -0.384. The normalized spacial score (nSPS) is 16.3. The predicted molar refractivity (Wildman–Crippen MR) is 133 cm³/mol. The number of non-ortho nitro benzene ring substituents is 1. The number of benzene rings is 2. The van der Waals surface area contributed by atoms with E-state index in [0.717, 1.165) is 19.4 Å². The van der Waals surface area contributed by atoms with Crippen LogP contribution in [0.3, 0.4) is 0 Å². The summed E-state index contributed by atoms with van der Waals surface area (Å²) in [6.07, 6.45) is 6.61. The van der Waals surface area contributed by atoms with Crippen LogP contribution >= 0.6 is 0 Å². The maximum Gasteiger partial charge on any atom is 0.271 e. The highest BCUT2D eigenvalue weighted by molar-refractivity contribution is 6.14. The summed E-state index contributed by atoms with van der Waals surface area (Å²) in [5, 5.41) is 15.3. The monoisotopic (exact) mass is 459 g/mol. The van der Waals surface area contributed by atoms with E-state index in [2.05, 4.69) is 16.9 Å². The summed E-state index contributed by atoms with van der Waals surface area (Å²) in [5.41, 5.74) is 1.44. The second-order valence-electron chi connectivity index (χ2n) is 7.85. The molecule has 1 unspecified atom stereocenters. The number of fused-ring (bicyclic) bond motifs is 1. The van der Waals surface area contributed by atoms with Crippen LogP contribution in [-0.2, 0) is 0 Å². The standard InChI is InChI=1S/C25H25N5O4/c1-4-6-16(15-26-2)20-13-18(30(32)33)14-21-23(20)28-24(22-7-5-12-27-22)29(25(21)31)17-8-10-19(34-3)11-9-17/h4,6,8-11,13-15,22,27H,1,5,7,12H2,2-3H3/b16-6+,26-15?. The van der Waals surface area contributed by atoms with E-state index in [1.165, 1.54) is 16.7 Å². The Morgan fingerprint density at radius 3 is 2.71 bits per heavy atom. The van der Waals surface area contributed by atoms with E-state index < -0.39 is 4.92 Å². The van der Waals surface area contributed by atoms with Gasteiger partial charge in [0.15, 0.2) is 0 Å². The molecule has 1 N–H and O–H groups in total. The quantitative estimate of drug-likeness (QED) is 0.247. The van der Waals surface area contributed by atoms with Gasteiger partial charge in [-0.25, -0.2) is 4.98 Å². The number of allylic oxidation sites excluding steroid dienone is 3. The first-order valence-electron chi connectivity index (χ1n) is 10.9. The fourth-order valence-corrected chi connectivity index (χ4v) is 4.21. The molecular formula is C25H25N5O4. The Bertz CT molecular complexity index is 1370. The van der Waals surface area contributed by atoms with Crippen molar-refractivity contribution in [1.82, 2.24) is 14.9 Å². The van der Waals surface area contributed by atoms with E-state index in [4.69, 9.17) is 9.72 Å². The molecule has 0 spiro atoms. The van der Waals surface area contributed by atoms with Gasteiger partial charge in [-0.05, 0) is 43.7 Å². The van der Waals surface area contributed by atoms with Crippen LogP contribution in [0.1, 0.15) is 30.3 Å². The molecule has 4 rings (SSSR count). The van der Waals surface area contributed by atoms with Crippen LogP contribution in [0.25, 0.3) is 22.2 Å². The minimum Gasteiger partial charge on any atom is -0.497 e. The van der Waals surface area contributed by atoms with Gasteiger partial charge in [0, 0.05) is 36.5 Å². The molecule has 1 fully saturated rings. The maximum absolute atomic E-state index is 13.9. The summed E-state index contributed by atoms with van der Waals surface area (Å²) >= 11 is 0. The second kappa shape index (κ2) is 9.80. The molecule has 1 aliphatic heterocycles. The van der Waals surface area contributed by atoms with Gasteiger partial charge in [0.1, 0.15) is 11.6 Å². The van der Waals surface area contributed by atoms with Crippen molar-refractivity contribution in [3.8, 4) is 11.4 Å². The largest absolute Gasteiger partial charge is 0.497 e. The number of aliphatic imine (C=N–C) groups is 1. The molecule has 3 aromatic rings. The zero-order valence-corrected chi connectivity index (χ0v) is 19.0. The van der Waals surface area contributed by atoms with E-state index >= 15 is 0 Å². The van der Waals surface area contributed by atoms with Crippen LogP contribution in [0, 0.1) is 10.1 Å². The van der Waals surface area contributed by atoms with E-state index in [1.807, 2.05) is 0 Å². The molecule has 2 heterocycles. The zero-order valence-electron chi connectivity index (χ0n) is 19.0. The van der Waals surface area contributed by atoms with Gasteiger partial charge in [-0.2, -0.15) is 0 Å². The van der Waals surface area contributed by atoms with Crippen LogP contribution in [0.2, 0.25) is 0 Å². The summed E-state index contributed by atoms with van der Waals surface area (Å²) in [4.78, 5) is 34.1. The third-order valence-electron chi connectivity index (χ3n) is 5.77. The Hall–Kier alpha value is -4.11. The number of ether oxygens (including phenoxy) is 1. The fraction of sp³-hybridized carbons (Fsp3) is 0.240. The first-order valence-corrected chi connectivity index (χ1v) is 10.9. The van der Waals surface area contributed by atoms with Crippen molar-refractivity contribution in [3.05, 3.63) is 87.0 Å². The molecule has 174 valence electrons. The highest BCUT2D eigenvalue weighted by Crippen LogP contribution is 2.31. The summed E-state index contributed by atoms with van der Waals surface area (Å²) in [6.45, 7) is 4.55. The van der Waals surface area contributed by atoms with Crippen LogP contribution < -0.4 is 15.6 Å². The highest BCUT2D eigenvalue weighted by atomic mass is 16.6. The van der Waals surface area contributed by atoms with Crippen molar-refractivity contribution in [2.24, 2.45) is 4.99 Å². The SMILES string of the molecule is C=C/C=C(\C=NC)c1cc([N+](=O)[O-])cc2c(=O)n(-c3ccc(OC)cc3)c(C3CCCN3)nc12. The molecule has 1 atom stereocenters. The topological polar surface area (TPSA) is 112 Å². The predicted octanol–water partition coefficient (Wildman–Crippen LogP) is 4.00. The number of nitro groups is 1. The molecule has 0 saturated carbocycles. The van der Waals surface area contributed by atoms with Crippen LogP contribution in [0.5, 0.6) is 5.75 Å². The van der Waals surface area contributed by atoms with Gasteiger partial charge in [0.2, 0.25) is 0 Å². The molecule has 1 aromatic heterocycles. The first kappa shape index (κ1) is 23.1. The average molecular weight is 460 g/mol. The average Bonchev–Trinajstić information content (AvgIpc) is 3.38. The van der Waals surface area contributed by atoms with Crippen LogP contribution in [0.4, 0.5) is 5.69 Å². The van der Waals surface area contributed by atoms with Gasteiger partial charge in [0.05, 0.1) is 34.7 Å². The number of nitrogens with zero attached hydrogens (tertiary/aromatic N) is 4. The molecule has 1 saturated heterocycles. The Morgan fingerprint density at radius 2 is 2.12 bits per heavy atom. The minimum atomic E-state index is -0.513. The van der Waals surface area contributed by atoms with E-state index in [0.29, 0.717) is 33.9 Å². The van der Waals surface area contributed by atoms with E-state index in [9.17, 15) is 14.9 Å². The van der Waals surface area contributed by atoms with Crippen molar-refractivity contribution >= 4 is 28.4 Å². The molecule has 0 amide bonds. The smallest absolute Gasteiger partial charge is 0.271 e. The molecule has 0 radical (unpaired) electrons. The lowest BCUT2D eigenvalue weighted by atomic mass is 10.0. The lowest BCUT2D eigenvalue weighted by Gasteiger charge is -2.19. The van der Waals surface area contributed by atoms with Crippen molar-refractivity contribution in [2.75, 3.05) is 20.7 Å². The Kier molecular flexibility index (Phi) is 6.65. The number of rotatable bonds is 7. The summed E-state index contributed by atoms with van der Waals surface area (Å²) in [5.74, 6) is 1.21.